The molecule has 13 heteroatoms. The molecule has 1 aliphatic heterocycles. The van der Waals surface area contributed by atoms with Crippen LogP contribution in [0.4, 0.5) is 11.4 Å². The van der Waals surface area contributed by atoms with E-state index in [1.165, 1.54) is 6.07 Å². The smallest absolute Gasteiger partial charge is 0.469 e. The van der Waals surface area contributed by atoms with E-state index in [-0.39, 0.29) is 36.2 Å². The van der Waals surface area contributed by atoms with Crippen LogP contribution in [-0.4, -0.2) is 34.2 Å². The fraction of sp³-hybridized carbons (Fsp3) is 0.160. The second-order valence-electron chi connectivity index (χ2n) is 8.27. The van der Waals surface area contributed by atoms with Crippen LogP contribution in [-0.2, 0) is 22.1 Å². The summed E-state index contributed by atoms with van der Waals surface area (Å²) >= 11 is 0. The molecule has 38 heavy (non-hydrogen) atoms. The number of ether oxygens (including phenoxy) is 2. The topological polar surface area (TPSA) is 196 Å². The molecule has 0 saturated carbocycles. The predicted octanol–water partition coefficient (Wildman–Crippen LogP) is 3.00. The summed E-state index contributed by atoms with van der Waals surface area (Å²) in [7, 11) is -4.59. The van der Waals surface area contributed by atoms with Crippen molar-refractivity contribution in [1.29, 1.82) is 0 Å². The molecule has 1 aliphatic rings. The number of fused-ring (bicyclic) bond motifs is 2. The van der Waals surface area contributed by atoms with E-state index in [4.69, 9.17) is 30.7 Å². The van der Waals surface area contributed by atoms with Crippen molar-refractivity contribution in [1.82, 2.24) is 0 Å². The summed E-state index contributed by atoms with van der Waals surface area (Å²) in [5.41, 5.74) is 13.6. The van der Waals surface area contributed by atoms with Crippen LogP contribution >= 0.6 is 7.82 Å². The van der Waals surface area contributed by atoms with Crippen LogP contribution < -0.4 is 26.3 Å². The van der Waals surface area contributed by atoms with Gasteiger partial charge in [-0.15, -0.1) is 0 Å². The summed E-state index contributed by atoms with van der Waals surface area (Å²) in [6, 6.07) is 15.8. The third-order valence-corrected chi connectivity index (χ3v) is 5.91. The van der Waals surface area contributed by atoms with E-state index < -0.39 is 19.7 Å². The molecular weight excluding hydrogens is 515 g/mol. The van der Waals surface area contributed by atoms with Gasteiger partial charge in [-0.2, -0.15) is 0 Å². The number of para-hydroxylation sites is 1. The van der Waals surface area contributed by atoms with E-state index in [0.717, 1.165) is 0 Å². The molecule has 4 rings (SSSR count). The zero-order chi connectivity index (χ0) is 27.3. The second kappa shape index (κ2) is 11.4. The van der Waals surface area contributed by atoms with Crippen molar-refractivity contribution < 1.29 is 37.9 Å². The lowest BCUT2D eigenvalue weighted by Gasteiger charge is -2.18. The number of aryl methyl sites for hydroxylation is 1. The Kier molecular flexibility index (Phi) is 8.08. The van der Waals surface area contributed by atoms with E-state index in [2.05, 4.69) is 14.8 Å². The van der Waals surface area contributed by atoms with Crippen LogP contribution in [0.25, 0.3) is 0 Å². The number of nitrogens with two attached hydrogens (primary N) is 2. The number of rotatable bonds is 6. The van der Waals surface area contributed by atoms with Gasteiger partial charge >= 0.3 is 13.8 Å². The Bertz CT molecular complexity index is 1430. The van der Waals surface area contributed by atoms with Gasteiger partial charge in [0.2, 0.25) is 0 Å². The highest BCUT2D eigenvalue weighted by Crippen LogP contribution is 2.37. The van der Waals surface area contributed by atoms with E-state index in [9.17, 15) is 14.2 Å². The first-order valence-corrected chi connectivity index (χ1v) is 12.9. The van der Waals surface area contributed by atoms with Crippen LogP contribution in [0.15, 0.2) is 65.7 Å². The van der Waals surface area contributed by atoms with Gasteiger partial charge in [0, 0.05) is 5.69 Å². The summed E-state index contributed by atoms with van der Waals surface area (Å²) in [6.45, 7) is -0.0439. The number of benzene rings is 3. The zero-order valence-electron chi connectivity index (χ0n) is 20.0. The molecule has 0 unspecified atom stereocenters. The van der Waals surface area contributed by atoms with E-state index in [1.807, 2.05) is 0 Å². The van der Waals surface area contributed by atoms with E-state index in [0.29, 0.717) is 40.9 Å². The van der Waals surface area contributed by atoms with Crippen LogP contribution in [0.3, 0.4) is 0 Å². The number of hydrogen-bond acceptors (Lipinski definition) is 7. The number of phosphoric ester groups is 1. The largest absolute Gasteiger partial charge is 0.489 e. The Morgan fingerprint density at radius 2 is 1.87 bits per heavy atom. The van der Waals surface area contributed by atoms with Gasteiger partial charge in [-0.05, 0) is 66.4 Å². The van der Waals surface area contributed by atoms with Gasteiger partial charge in [0.05, 0.1) is 30.0 Å². The Morgan fingerprint density at radius 3 is 2.58 bits per heavy atom. The van der Waals surface area contributed by atoms with E-state index in [1.54, 1.807) is 54.6 Å². The van der Waals surface area contributed by atoms with Crippen LogP contribution in [0.5, 0.6) is 11.5 Å². The second-order valence-corrected chi connectivity index (χ2v) is 9.51. The van der Waals surface area contributed by atoms with Gasteiger partial charge in [-0.1, -0.05) is 18.2 Å². The van der Waals surface area contributed by atoms with Crippen molar-refractivity contribution in [3.63, 3.8) is 0 Å². The van der Waals surface area contributed by atoms with Crippen molar-refractivity contribution >= 4 is 37.0 Å². The average molecular weight is 540 g/mol. The fourth-order valence-corrected chi connectivity index (χ4v) is 4.08. The Labute approximate surface area is 217 Å². The highest BCUT2D eigenvalue weighted by Gasteiger charge is 2.23. The molecule has 3 aromatic rings. The first kappa shape index (κ1) is 26.8. The Morgan fingerprint density at radius 1 is 1.11 bits per heavy atom. The fourth-order valence-electron chi connectivity index (χ4n) is 3.76. The minimum Gasteiger partial charge on any atom is -0.489 e. The van der Waals surface area contributed by atoms with Crippen molar-refractivity contribution in [2.75, 3.05) is 11.9 Å². The van der Waals surface area contributed by atoms with E-state index >= 15 is 0 Å². The molecule has 0 atom stereocenters. The van der Waals surface area contributed by atoms with Gasteiger partial charge < -0.3 is 36.0 Å². The molecule has 1 heterocycles. The lowest BCUT2D eigenvalue weighted by molar-refractivity contribution is 0.0723. The number of nitrogens with zero attached hydrogens (tertiary/aromatic N) is 1. The number of amides is 1. The van der Waals surface area contributed by atoms with Gasteiger partial charge in [0.1, 0.15) is 0 Å². The number of carbonyl (C=O) groups excluding carboxylic acids is 2. The highest BCUT2D eigenvalue weighted by atomic mass is 31.2. The summed E-state index contributed by atoms with van der Waals surface area (Å²) in [6.07, 6.45) is 1.03. The number of anilines is 1. The Balaban J connectivity index is 1.54. The van der Waals surface area contributed by atoms with Crippen molar-refractivity contribution in [3.8, 4) is 11.5 Å². The third kappa shape index (κ3) is 6.96. The third-order valence-electron chi connectivity index (χ3n) is 5.44. The zero-order valence-corrected chi connectivity index (χ0v) is 20.9. The molecule has 0 bridgehead atoms. The van der Waals surface area contributed by atoms with Crippen molar-refractivity contribution in [2.24, 2.45) is 16.5 Å². The van der Waals surface area contributed by atoms with Crippen molar-refractivity contribution in [3.05, 3.63) is 82.9 Å². The first-order chi connectivity index (χ1) is 18.1. The maximum absolute atomic E-state index is 13.1. The van der Waals surface area contributed by atoms with Crippen molar-refractivity contribution in [2.45, 2.75) is 19.4 Å². The summed E-state index contributed by atoms with van der Waals surface area (Å²) in [5, 5.41) is 2.73. The Hall–Kier alpha value is -4.22. The molecule has 0 fully saturated rings. The van der Waals surface area contributed by atoms with Crippen LogP contribution in [0, 0.1) is 0 Å². The molecule has 3 aromatic carbocycles. The number of aliphatic imine (C=N–C) groups is 1. The highest BCUT2D eigenvalue weighted by molar-refractivity contribution is 7.46. The molecular formula is C25H25N4O8P. The van der Waals surface area contributed by atoms with Crippen LogP contribution in [0.1, 0.15) is 38.3 Å². The number of nitrogens with one attached hydrogen (secondary N) is 1. The lowest BCUT2D eigenvalue weighted by atomic mass is 10.0. The van der Waals surface area contributed by atoms with Gasteiger partial charge in [0.15, 0.2) is 17.5 Å². The minimum atomic E-state index is -4.59. The average Bonchev–Trinajstić information content (AvgIpc) is 2.85. The minimum absolute atomic E-state index is 0.0914. The first-order valence-electron chi connectivity index (χ1n) is 11.4. The molecule has 1 amide bonds. The standard InChI is InChI=1S/C25H25N4O8P/c26-25(27)29-18-10-11-19-16(13-18)3-2-12-35-22-20(4-1-5-21(22)37-24(19)31)23(30)28-17-8-6-15(7-9-17)14-36-38(32,33)34/h1,4-11,13H,2-3,12,14H2,(H,28,30)(H4,26,27,29)(H2,32,33,34). The van der Waals surface area contributed by atoms with Gasteiger partial charge in [0.25, 0.3) is 5.91 Å². The summed E-state index contributed by atoms with van der Waals surface area (Å²) in [4.78, 5) is 47.8. The molecule has 0 saturated heterocycles. The molecule has 0 radical (unpaired) electrons. The predicted molar refractivity (Wildman–Crippen MR) is 138 cm³/mol. The SMILES string of the molecule is NC(N)=Nc1ccc2c(c1)CCCOc1c(cccc1C(=O)Nc1ccc(COP(=O)(O)O)cc1)OC2=O. The molecule has 0 aliphatic carbocycles. The molecule has 0 spiro atoms. The van der Waals surface area contributed by atoms with Gasteiger partial charge in [-0.25, -0.2) is 14.4 Å². The summed E-state index contributed by atoms with van der Waals surface area (Å²) < 4.78 is 26.9. The van der Waals surface area contributed by atoms with Crippen LogP contribution in [0.2, 0.25) is 0 Å². The maximum Gasteiger partial charge on any atom is 0.469 e. The number of esters is 1. The molecule has 0 aromatic heterocycles. The molecule has 12 nitrogen and oxygen atoms in total. The molecule has 198 valence electrons. The lowest BCUT2D eigenvalue weighted by Crippen LogP contribution is -2.22. The number of phosphoric acid groups is 1. The summed E-state index contributed by atoms with van der Waals surface area (Å²) in [5.74, 6) is -0.996. The normalized spacial score (nSPS) is 13.3. The quantitative estimate of drug-likeness (QED) is 0.102. The van der Waals surface area contributed by atoms with Gasteiger partial charge in [-0.3, -0.25) is 9.32 Å². The monoisotopic (exact) mass is 540 g/mol. The number of hydrogen-bond donors (Lipinski definition) is 5. The maximum atomic E-state index is 13.1. The number of guanidine groups is 1. The number of carbonyl (C=O) groups is 2. The molecule has 7 N–H and O–H groups in total.